The zero-order valence-corrected chi connectivity index (χ0v) is 12.2. The van der Waals surface area contributed by atoms with Crippen LogP contribution in [0.1, 0.15) is 52.2 Å². The standard InChI is InChI=1S/C16H25NO/c1-6-12(2)15(18)17-11-13-8-7-9-14(10-13)16(3,4)5/h7-10,12H,6,11H2,1-5H3,(H,17,18). The van der Waals surface area contributed by atoms with Gasteiger partial charge in [-0.25, -0.2) is 0 Å². The molecular weight excluding hydrogens is 222 g/mol. The number of rotatable bonds is 4. The van der Waals surface area contributed by atoms with Gasteiger partial charge in [0.15, 0.2) is 0 Å². The molecule has 1 aromatic rings. The van der Waals surface area contributed by atoms with E-state index in [4.69, 9.17) is 0 Å². The lowest BCUT2D eigenvalue weighted by molar-refractivity contribution is -0.124. The highest BCUT2D eigenvalue weighted by Crippen LogP contribution is 2.22. The van der Waals surface area contributed by atoms with E-state index < -0.39 is 0 Å². The fourth-order valence-corrected chi connectivity index (χ4v) is 1.70. The Bertz CT molecular complexity index is 404. The molecule has 0 saturated heterocycles. The van der Waals surface area contributed by atoms with Crippen molar-refractivity contribution in [1.82, 2.24) is 5.32 Å². The SMILES string of the molecule is CCC(C)C(=O)NCc1cccc(C(C)(C)C)c1. The van der Waals surface area contributed by atoms with Gasteiger partial charge in [-0.3, -0.25) is 4.79 Å². The molecule has 0 spiro atoms. The molecule has 0 fully saturated rings. The third kappa shape index (κ3) is 4.17. The van der Waals surface area contributed by atoms with Crippen LogP contribution < -0.4 is 5.32 Å². The first-order valence-electron chi connectivity index (χ1n) is 6.71. The molecule has 1 aromatic carbocycles. The first-order chi connectivity index (χ1) is 8.34. The van der Waals surface area contributed by atoms with Crippen molar-refractivity contribution >= 4 is 5.91 Å². The van der Waals surface area contributed by atoms with Crippen LogP contribution in [-0.2, 0) is 16.8 Å². The second-order valence-corrected chi connectivity index (χ2v) is 5.98. The summed E-state index contributed by atoms with van der Waals surface area (Å²) in [5, 5.41) is 2.99. The molecule has 0 aliphatic heterocycles. The van der Waals surface area contributed by atoms with Crippen molar-refractivity contribution in [2.45, 2.75) is 53.0 Å². The van der Waals surface area contributed by atoms with E-state index in [1.165, 1.54) is 11.1 Å². The molecule has 1 N–H and O–H groups in total. The normalized spacial score (nSPS) is 13.2. The Morgan fingerprint density at radius 2 is 2.00 bits per heavy atom. The lowest BCUT2D eigenvalue weighted by Gasteiger charge is -2.20. The highest BCUT2D eigenvalue weighted by atomic mass is 16.1. The summed E-state index contributed by atoms with van der Waals surface area (Å²) in [6, 6.07) is 8.44. The third-order valence-corrected chi connectivity index (χ3v) is 3.32. The first-order valence-corrected chi connectivity index (χ1v) is 6.71. The summed E-state index contributed by atoms with van der Waals surface area (Å²) in [5.74, 6) is 0.231. The minimum absolute atomic E-state index is 0.0933. The van der Waals surface area contributed by atoms with Gasteiger partial charge in [-0.1, -0.05) is 58.9 Å². The number of hydrogen-bond acceptors (Lipinski definition) is 1. The second kappa shape index (κ2) is 6.03. The Hall–Kier alpha value is -1.31. The van der Waals surface area contributed by atoms with Gasteiger partial charge >= 0.3 is 0 Å². The Morgan fingerprint density at radius 3 is 2.56 bits per heavy atom. The van der Waals surface area contributed by atoms with Crippen LogP contribution in [0.4, 0.5) is 0 Å². The van der Waals surface area contributed by atoms with Crippen molar-refractivity contribution in [2.75, 3.05) is 0 Å². The molecule has 1 unspecified atom stereocenters. The molecule has 1 atom stereocenters. The van der Waals surface area contributed by atoms with Crippen molar-refractivity contribution in [3.05, 3.63) is 35.4 Å². The lowest BCUT2D eigenvalue weighted by atomic mass is 9.86. The Balaban J connectivity index is 2.66. The Labute approximate surface area is 111 Å². The summed E-state index contributed by atoms with van der Waals surface area (Å²) in [4.78, 5) is 11.7. The fourth-order valence-electron chi connectivity index (χ4n) is 1.70. The maximum atomic E-state index is 11.7. The van der Waals surface area contributed by atoms with Crippen LogP contribution in [0.5, 0.6) is 0 Å². The van der Waals surface area contributed by atoms with Crippen LogP contribution in [-0.4, -0.2) is 5.91 Å². The highest BCUT2D eigenvalue weighted by Gasteiger charge is 2.14. The van der Waals surface area contributed by atoms with Crippen molar-refractivity contribution in [3.8, 4) is 0 Å². The molecule has 1 rings (SSSR count). The second-order valence-electron chi connectivity index (χ2n) is 5.98. The van der Waals surface area contributed by atoms with Gasteiger partial charge in [-0.2, -0.15) is 0 Å². The van der Waals surface area contributed by atoms with E-state index in [0.717, 1.165) is 6.42 Å². The molecule has 2 heteroatoms. The van der Waals surface area contributed by atoms with Gasteiger partial charge in [-0.15, -0.1) is 0 Å². The minimum Gasteiger partial charge on any atom is -0.352 e. The molecule has 2 nitrogen and oxygen atoms in total. The summed E-state index contributed by atoms with van der Waals surface area (Å²) >= 11 is 0. The number of benzene rings is 1. The number of carbonyl (C=O) groups is 1. The molecule has 0 radical (unpaired) electrons. The van der Waals surface area contributed by atoms with Gasteiger partial charge in [0.1, 0.15) is 0 Å². The summed E-state index contributed by atoms with van der Waals surface area (Å²) in [6.07, 6.45) is 0.883. The van der Waals surface area contributed by atoms with Gasteiger partial charge in [-0.05, 0) is 23.0 Å². The van der Waals surface area contributed by atoms with E-state index >= 15 is 0 Å². The smallest absolute Gasteiger partial charge is 0.223 e. The van der Waals surface area contributed by atoms with E-state index in [2.05, 4.69) is 50.4 Å². The van der Waals surface area contributed by atoms with E-state index in [1.807, 2.05) is 13.8 Å². The summed E-state index contributed by atoms with van der Waals surface area (Å²) in [7, 11) is 0. The van der Waals surface area contributed by atoms with Gasteiger partial charge in [0.25, 0.3) is 0 Å². The zero-order valence-electron chi connectivity index (χ0n) is 12.2. The summed E-state index contributed by atoms with van der Waals surface area (Å²) in [5.41, 5.74) is 2.62. The predicted molar refractivity (Wildman–Crippen MR) is 76.4 cm³/mol. The molecular formula is C16H25NO. The molecule has 18 heavy (non-hydrogen) atoms. The first kappa shape index (κ1) is 14.7. The number of nitrogens with one attached hydrogen (secondary N) is 1. The molecule has 0 aliphatic carbocycles. The molecule has 1 amide bonds. The third-order valence-electron chi connectivity index (χ3n) is 3.32. The van der Waals surface area contributed by atoms with Crippen molar-refractivity contribution < 1.29 is 4.79 Å². The van der Waals surface area contributed by atoms with Crippen LogP contribution in [0.2, 0.25) is 0 Å². The van der Waals surface area contributed by atoms with E-state index in [1.54, 1.807) is 0 Å². The van der Waals surface area contributed by atoms with E-state index in [0.29, 0.717) is 6.54 Å². The average Bonchev–Trinajstić information content (AvgIpc) is 2.34. The van der Waals surface area contributed by atoms with Crippen LogP contribution in [0.15, 0.2) is 24.3 Å². The maximum Gasteiger partial charge on any atom is 0.223 e. The Morgan fingerprint density at radius 1 is 1.33 bits per heavy atom. The van der Waals surface area contributed by atoms with Gasteiger partial charge in [0, 0.05) is 12.5 Å². The summed E-state index contributed by atoms with van der Waals surface area (Å²) < 4.78 is 0. The maximum absolute atomic E-state index is 11.7. The van der Waals surface area contributed by atoms with E-state index in [-0.39, 0.29) is 17.2 Å². The summed E-state index contributed by atoms with van der Waals surface area (Å²) in [6.45, 7) is 11.2. The largest absolute Gasteiger partial charge is 0.352 e. The molecule has 0 bridgehead atoms. The molecule has 0 aliphatic rings. The minimum atomic E-state index is 0.0933. The molecule has 0 heterocycles. The molecule has 100 valence electrons. The van der Waals surface area contributed by atoms with Gasteiger partial charge < -0.3 is 5.32 Å². The van der Waals surface area contributed by atoms with Gasteiger partial charge in [0.2, 0.25) is 5.91 Å². The van der Waals surface area contributed by atoms with Crippen molar-refractivity contribution in [1.29, 1.82) is 0 Å². The quantitative estimate of drug-likeness (QED) is 0.864. The lowest BCUT2D eigenvalue weighted by Crippen LogP contribution is -2.28. The van der Waals surface area contributed by atoms with Crippen molar-refractivity contribution in [3.63, 3.8) is 0 Å². The highest BCUT2D eigenvalue weighted by molar-refractivity contribution is 5.78. The zero-order chi connectivity index (χ0) is 13.8. The van der Waals surface area contributed by atoms with Crippen molar-refractivity contribution in [2.24, 2.45) is 5.92 Å². The molecule has 0 aromatic heterocycles. The fraction of sp³-hybridized carbons (Fsp3) is 0.562. The van der Waals surface area contributed by atoms with Crippen LogP contribution in [0.25, 0.3) is 0 Å². The van der Waals surface area contributed by atoms with Crippen LogP contribution in [0.3, 0.4) is 0 Å². The topological polar surface area (TPSA) is 29.1 Å². The predicted octanol–water partition coefficient (Wildman–Crippen LogP) is 3.65. The average molecular weight is 247 g/mol. The van der Waals surface area contributed by atoms with Crippen LogP contribution in [0, 0.1) is 5.92 Å². The van der Waals surface area contributed by atoms with E-state index in [9.17, 15) is 4.79 Å². The monoisotopic (exact) mass is 247 g/mol. The number of amides is 1. The van der Waals surface area contributed by atoms with Crippen LogP contribution >= 0.6 is 0 Å². The number of carbonyl (C=O) groups excluding carboxylic acids is 1. The van der Waals surface area contributed by atoms with Gasteiger partial charge in [0.05, 0.1) is 0 Å². The number of hydrogen-bond donors (Lipinski definition) is 1. The Kier molecular flexibility index (Phi) is 4.94. The molecule has 0 saturated carbocycles.